The summed E-state index contributed by atoms with van der Waals surface area (Å²) in [7, 11) is 3.28. The first kappa shape index (κ1) is 14.1. The average molecular weight is 285 g/mol. The molecular formula is C17H19NO3. The van der Waals surface area contributed by atoms with Crippen molar-refractivity contribution in [3.8, 4) is 11.5 Å². The third kappa shape index (κ3) is 2.78. The van der Waals surface area contributed by atoms with Crippen molar-refractivity contribution in [3.05, 3.63) is 59.7 Å². The lowest BCUT2D eigenvalue weighted by Crippen LogP contribution is -2.34. The molecule has 0 unspecified atom stereocenters. The van der Waals surface area contributed by atoms with E-state index in [9.17, 15) is 0 Å². The van der Waals surface area contributed by atoms with E-state index >= 15 is 0 Å². The van der Waals surface area contributed by atoms with Gasteiger partial charge in [-0.2, -0.15) is 0 Å². The van der Waals surface area contributed by atoms with Crippen LogP contribution in [0.15, 0.2) is 48.5 Å². The fourth-order valence-corrected chi connectivity index (χ4v) is 2.61. The second kappa shape index (κ2) is 6.26. The standard InChI is InChI=1S/C17H19NO3/c1-19-16(20-2)11-18-17-12-7-3-5-9-14(12)21-15-10-6-4-8-13(15)17/h3-10,16-18H,11H2,1-2H3. The van der Waals surface area contributed by atoms with Crippen LogP contribution in [-0.4, -0.2) is 27.1 Å². The molecule has 4 nitrogen and oxygen atoms in total. The number of benzene rings is 2. The van der Waals surface area contributed by atoms with Gasteiger partial charge in [-0.25, -0.2) is 0 Å². The molecule has 110 valence electrons. The third-order valence-corrected chi connectivity index (χ3v) is 3.69. The molecule has 1 aliphatic rings. The first-order valence-electron chi connectivity index (χ1n) is 6.98. The summed E-state index contributed by atoms with van der Waals surface area (Å²) in [6, 6.07) is 16.2. The lowest BCUT2D eigenvalue weighted by molar-refractivity contribution is -0.0995. The van der Waals surface area contributed by atoms with Gasteiger partial charge in [0, 0.05) is 31.9 Å². The minimum absolute atomic E-state index is 0.0685. The van der Waals surface area contributed by atoms with Gasteiger partial charge in [0.1, 0.15) is 11.5 Å². The van der Waals surface area contributed by atoms with Crippen LogP contribution in [0.2, 0.25) is 0 Å². The molecule has 2 aromatic rings. The molecular weight excluding hydrogens is 266 g/mol. The van der Waals surface area contributed by atoms with Crippen LogP contribution in [-0.2, 0) is 9.47 Å². The summed E-state index contributed by atoms with van der Waals surface area (Å²) >= 11 is 0. The molecule has 0 aliphatic carbocycles. The number of fused-ring (bicyclic) bond motifs is 2. The minimum Gasteiger partial charge on any atom is -0.457 e. The van der Waals surface area contributed by atoms with Crippen molar-refractivity contribution in [3.63, 3.8) is 0 Å². The van der Waals surface area contributed by atoms with E-state index in [1.807, 2.05) is 36.4 Å². The monoisotopic (exact) mass is 285 g/mol. The number of para-hydroxylation sites is 2. The smallest absolute Gasteiger partial charge is 0.169 e. The van der Waals surface area contributed by atoms with E-state index in [1.165, 1.54) is 0 Å². The van der Waals surface area contributed by atoms with Crippen molar-refractivity contribution < 1.29 is 14.2 Å². The Morgan fingerprint density at radius 3 is 2.00 bits per heavy atom. The van der Waals surface area contributed by atoms with Crippen LogP contribution in [0.25, 0.3) is 0 Å². The van der Waals surface area contributed by atoms with Gasteiger partial charge in [-0.1, -0.05) is 36.4 Å². The van der Waals surface area contributed by atoms with Crippen LogP contribution in [0.4, 0.5) is 0 Å². The van der Waals surface area contributed by atoms with Crippen molar-refractivity contribution in [1.82, 2.24) is 5.32 Å². The average Bonchev–Trinajstić information content (AvgIpc) is 2.54. The number of rotatable bonds is 5. The number of hydrogen-bond acceptors (Lipinski definition) is 4. The van der Waals surface area contributed by atoms with E-state index in [1.54, 1.807) is 14.2 Å². The topological polar surface area (TPSA) is 39.7 Å². The van der Waals surface area contributed by atoms with Crippen LogP contribution in [0.5, 0.6) is 11.5 Å². The van der Waals surface area contributed by atoms with Gasteiger partial charge in [0.05, 0.1) is 6.04 Å². The first-order valence-corrected chi connectivity index (χ1v) is 6.98. The maximum absolute atomic E-state index is 5.96. The summed E-state index contributed by atoms with van der Waals surface area (Å²) in [6.07, 6.45) is -0.271. The molecule has 0 spiro atoms. The Bertz CT molecular complexity index is 565. The number of ether oxygens (including phenoxy) is 3. The van der Waals surface area contributed by atoms with Crippen molar-refractivity contribution in [2.75, 3.05) is 20.8 Å². The van der Waals surface area contributed by atoms with E-state index < -0.39 is 0 Å². The first-order chi connectivity index (χ1) is 10.3. The Hall–Kier alpha value is -1.88. The number of hydrogen-bond donors (Lipinski definition) is 1. The van der Waals surface area contributed by atoms with Crippen molar-refractivity contribution in [1.29, 1.82) is 0 Å². The van der Waals surface area contributed by atoms with Gasteiger partial charge in [-0.05, 0) is 12.1 Å². The van der Waals surface area contributed by atoms with Crippen LogP contribution in [0, 0.1) is 0 Å². The molecule has 0 fully saturated rings. The summed E-state index contributed by atoms with van der Waals surface area (Å²) in [5.41, 5.74) is 2.25. The molecule has 0 saturated carbocycles. The minimum atomic E-state index is -0.271. The fraction of sp³-hybridized carbons (Fsp3) is 0.294. The quantitative estimate of drug-likeness (QED) is 0.857. The molecule has 21 heavy (non-hydrogen) atoms. The second-order valence-electron chi connectivity index (χ2n) is 4.92. The van der Waals surface area contributed by atoms with Gasteiger partial charge in [0.15, 0.2) is 6.29 Å². The Morgan fingerprint density at radius 1 is 0.952 bits per heavy atom. The fourth-order valence-electron chi connectivity index (χ4n) is 2.61. The molecule has 1 heterocycles. The molecule has 0 saturated heterocycles. The Morgan fingerprint density at radius 2 is 1.48 bits per heavy atom. The molecule has 4 heteroatoms. The highest BCUT2D eigenvalue weighted by Crippen LogP contribution is 2.42. The van der Waals surface area contributed by atoms with Crippen LogP contribution < -0.4 is 10.1 Å². The van der Waals surface area contributed by atoms with E-state index in [0.29, 0.717) is 6.54 Å². The van der Waals surface area contributed by atoms with E-state index in [4.69, 9.17) is 14.2 Å². The Balaban J connectivity index is 1.91. The summed E-state index contributed by atoms with van der Waals surface area (Å²) < 4.78 is 16.5. The highest BCUT2D eigenvalue weighted by Gasteiger charge is 2.26. The van der Waals surface area contributed by atoms with Gasteiger partial charge in [0.25, 0.3) is 0 Å². The van der Waals surface area contributed by atoms with Crippen LogP contribution in [0.1, 0.15) is 17.2 Å². The molecule has 2 aromatic carbocycles. The lowest BCUT2D eigenvalue weighted by Gasteiger charge is -2.29. The van der Waals surface area contributed by atoms with Gasteiger partial charge < -0.3 is 19.5 Å². The molecule has 0 amide bonds. The van der Waals surface area contributed by atoms with Gasteiger partial charge >= 0.3 is 0 Å². The molecule has 1 aliphatic heterocycles. The second-order valence-corrected chi connectivity index (χ2v) is 4.92. The third-order valence-electron chi connectivity index (χ3n) is 3.69. The van der Waals surface area contributed by atoms with Crippen LogP contribution in [0.3, 0.4) is 0 Å². The van der Waals surface area contributed by atoms with Gasteiger partial charge in [-0.3, -0.25) is 0 Å². The molecule has 1 N–H and O–H groups in total. The number of nitrogens with one attached hydrogen (secondary N) is 1. The number of methoxy groups -OCH3 is 2. The Labute approximate surface area is 124 Å². The molecule has 0 bridgehead atoms. The summed E-state index contributed by atoms with van der Waals surface area (Å²) in [6.45, 7) is 0.598. The Kier molecular flexibility index (Phi) is 4.20. The predicted octanol–water partition coefficient (Wildman–Crippen LogP) is 3.09. The summed E-state index contributed by atoms with van der Waals surface area (Å²) in [5.74, 6) is 1.78. The predicted molar refractivity (Wildman–Crippen MR) is 80.6 cm³/mol. The zero-order valence-corrected chi connectivity index (χ0v) is 12.2. The zero-order chi connectivity index (χ0) is 14.7. The van der Waals surface area contributed by atoms with Gasteiger partial charge in [-0.15, -0.1) is 0 Å². The van der Waals surface area contributed by atoms with Crippen molar-refractivity contribution in [2.45, 2.75) is 12.3 Å². The van der Waals surface area contributed by atoms with Crippen molar-refractivity contribution in [2.24, 2.45) is 0 Å². The highest BCUT2D eigenvalue weighted by molar-refractivity contribution is 5.52. The maximum Gasteiger partial charge on any atom is 0.169 e. The SMILES string of the molecule is COC(CNC1c2ccccc2Oc2ccccc21)OC. The van der Waals surface area contributed by atoms with Crippen LogP contribution >= 0.6 is 0 Å². The normalized spacial score (nSPS) is 13.7. The maximum atomic E-state index is 5.96. The van der Waals surface area contributed by atoms with E-state index in [2.05, 4.69) is 17.4 Å². The lowest BCUT2D eigenvalue weighted by atomic mass is 9.94. The highest BCUT2D eigenvalue weighted by atomic mass is 16.7. The largest absolute Gasteiger partial charge is 0.457 e. The molecule has 0 radical (unpaired) electrons. The van der Waals surface area contributed by atoms with E-state index in [-0.39, 0.29) is 12.3 Å². The molecule has 3 rings (SSSR count). The molecule has 0 atom stereocenters. The molecule has 0 aromatic heterocycles. The van der Waals surface area contributed by atoms with E-state index in [0.717, 1.165) is 22.6 Å². The van der Waals surface area contributed by atoms with Gasteiger partial charge in [0.2, 0.25) is 0 Å². The summed E-state index contributed by atoms with van der Waals surface area (Å²) in [5, 5.41) is 3.51. The summed E-state index contributed by atoms with van der Waals surface area (Å²) in [4.78, 5) is 0. The van der Waals surface area contributed by atoms with Crippen molar-refractivity contribution >= 4 is 0 Å². The zero-order valence-electron chi connectivity index (χ0n) is 12.2.